The van der Waals surface area contributed by atoms with E-state index in [1.54, 1.807) is 18.3 Å². The number of aromatic nitrogens is 1. The molecule has 0 radical (unpaired) electrons. The minimum atomic E-state index is -0.511. The first-order valence-corrected chi connectivity index (χ1v) is 8.94. The maximum Gasteiger partial charge on any atom is 0.293 e. The number of nitrogens with zero attached hydrogens (tertiary/aromatic N) is 1. The Morgan fingerprint density at radius 1 is 1.25 bits per heavy atom. The van der Waals surface area contributed by atoms with Crippen molar-refractivity contribution in [1.29, 1.82) is 0 Å². The fourth-order valence-electron chi connectivity index (χ4n) is 3.02. The van der Waals surface area contributed by atoms with Crippen LogP contribution in [0.1, 0.15) is 29.8 Å². The van der Waals surface area contributed by atoms with Crippen LogP contribution < -0.4 is 10.6 Å². The van der Waals surface area contributed by atoms with Crippen LogP contribution in [0.15, 0.2) is 42.6 Å². The molecule has 28 heavy (non-hydrogen) atoms. The van der Waals surface area contributed by atoms with E-state index in [0.717, 1.165) is 10.9 Å². The third kappa shape index (κ3) is 4.28. The minimum Gasteiger partial charge on any atom is -0.379 e. The number of H-pyrrole nitrogens is 1. The molecule has 8 heteroatoms. The first-order chi connectivity index (χ1) is 13.3. The normalized spacial score (nSPS) is 11.0. The zero-order valence-electron chi connectivity index (χ0n) is 15.6. The number of nitrogens with one attached hydrogen (secondary N) is 3. The van der Waals surface area contributed by atoms with Crippen LogP contribution in [0, 0.1) is 15.9 Å². The second-order valence-corrected chi connectivity index (χ2v) is 6.80. The number of aromatic amines is 1. The van der Waals surface area contributed by atoms with Crippen LogP contribution in [0.2, 0.25) is 0 Å². The summed E-state index contributed by atoms with van der Waals surface area (Å²) in [4.78, 5) is 26.0. The highest BCUT2D eigenvalue weighted by Crippen LogP contribution is 2.26. The molecule has 7 nitrogen and oxygen atoms in total. The lowest BCUT2D eigenvalue weighted by molar-refractivity contribution is -0.384. The molecular weight excluding hydrogens is 363 g/mol. The second kappa shape index (κ2) is 8.08. The van der Waals surface area contributed by atoms with E-state index < -0.39 is 4.92 Å². The number of carbonyl (C=O) groups excluding carboxylic acids is 1. The first-order valence-electron chi connectivity index (χ1n) is 8.94. The molecule has 3 rings (SSSR count). The number of nitro benzene ring substituents is 1. The van der Waals surface area contributed by atoms with Crippen LogP contribution in [0.3, 0.4) is 0 Å². The van der Waals surface area contributed by atoms with Gasteiger partial charge in [-0.2, -0.15) is 0 Å². The molecule has 0 aliphatic carbocycles. The molecule has 0 atom stereocenters. The molecular formula is C20H21FN4O3. The Morgan fingerprint density at radius 3 is 2.75 bits per heavy atom. The van der Waals surface area contributed by atoms with Gasteiger partial charge in [-0.05, 0) is 56.2 Å². The molecule has 0 aliphatic heterocycles. The fraction of sp³-hybridized carbons (Fsp3) is 0.250. The van der Waals surface area contributed by atoms with Crippen LogP contribution in [-0.2, 0) is 6.42 Å². The minimum absolute atomic E-state index is 0.0611. The van der Waals surface area contributed by atoms with Crippen molar-refractivity contribution in [2.24, 2.45) is 0 Å². The number of rotatable bonds is 7. The van der Waals surface area contributed by atoms with Gasteiger partial charge in [0.05, 0.1) is 4.92 Å². The van der Waals surface area contributed by atoms with E-state index in [0.29, 0.717) is 24.2 Å². The van der Waals surface area contributed by atoms with Crippen LogP contribution in [0.5, 0.6) is 0 Å². The van der Waals surface area contributed by atoms with E-state index >= 15 is 0 Å². The summed E-state index contributed by atoms with van der Waals surface area (Å²) < 4.78 is 13.3. The van der Waals surface area contributed by atoms with Crippen molar-refractivity contribution in [1.82, 2.24) is 10.3 Å². The van der Waals surface area contributed by atoms with Crippen molar-refractivity contribution in [2.75, 3.05) is 11.9 Å². The molecule has 0 bridgehead atoms. The third-order valence-corrected chi connectivity index (χ3v) is 4.32. The van der Waals surface area contributed by atoms with E-state index in [1.165, 1.54) is 24.3 Å². The van der Waals surface area contributed by atoms with Gasteiger partial charge in [0.25, 0.3) is 11.6 Å². The van der Waals surface area contributed by atoms with E-state index in [2.05, 4.69) is 15.6 Å². The number of nitro groups is 1. The lowest BCUT2D eigenvalue weighted by Crippen LogP contribution is -2.30. The predicted octanol–water partition coefficient (Wildman–Crippen LogP) is 4.01. The predicted molar refractivity (Wildman–Crippen MR) is 106 cm³/mol. The Hall–Kier alpha value is -3.42. The molecule has 3 aromatic rings. The quantitative estimate of drug-likeness (QED) is 0.423. The van der Waals surface area contributed by atoms with Crippen molar-refractivity contribution in [3.63, 3.8) is 0 Å². The monoisotopic (exact) mass is 384 g/mol. The number of carbonyl (C=O) groups is 1. The third-order valence-electron chi connectivity index (χ3n) is 4.32. The molecule has 0 fully saturated rings. The summed E-state index contributed by atoms with van der Waals surface area (Å²) in [7, 11) is 0. The van der Waals surface area contributed by atoms with Crippen LogP contribution in [-0.4, -0.2) is 28.4 Å². The smallest absolute Gasteiger partial charge is 0.293 e. The maximum atomic E-state index is 13.3. The number of amides is 1. The molecule has 1 aromatic heterocycles. The second-order valence-electron chi connectivity index (χ2n) is 6.80. The maximum absolute atomic E-state index is 13.3. The number of halogens is 1. The lowest BCUT2D eigenvalue weighted by Gasteiger charge is -2.10. The standard InChI is InChI=1S/C20H21FN4O3/c1-12(2)24-20(26)13-3-6-17(19(9-13)25(27)28)22-8-7-14-11-23-18-10-15(21)4-5-16(14)18/h3-6,9-12,22-23H,7-8H2,1-2H3,(H,24,26). The zero-order chi connectivity index (χ0) is 20.3. The Morgan fingerprint density at radius 2 is 2.04 bits per heavy atom. The Labute approximate surface area is 161 Å². The van der Waals surface area contributed by atoms with Gasteiger partial charge >= 0.3 is 0 Å². The lowest BCUT2D eigenvalue weighted by atomic mass is 10.1. The van der Waals surface area contributed by atoms with Gasteiger partial charge in [0, 0.05) is 41.3 Å². The van der Waals surface area contributed by atoms with E-state index in [9.17, 15) is 19.3 Å². The highest BCUT2D eigenvalue weighted by molar-refractivity contribution is 5.95. The molecule has 0 aliphatic rings. The van der Waals surface area contributed by atoms with Gasteiger partial charge in [-0.3, -0.25) is 14.9 Å². The van der Waals surface area contributed by atoms with Crippen LogP contribution in [0.25, 0.3) is 10.9 Å². The van der Waals surface area contributed by atoms with Gasteiger partial charge in [-0.15, -0.1) is 0 Å². The summed E-state index contributed by atoms with van der Waals surface area (Å²) >= 11 is 0. The molecule has 0 spiro atoms. The Kier molecular flexibility index (Phi) is 5.58. The fourth-order valence-corrected chi connectivity index (χ4v) is 3.02. The molecule has 0 unspecified atom stereocenters. The van der Waals surface area contributed by atoms with E-state index in [-0.39, 0.29) is 29.0 Å². The van der Waals surface area contributed by atoms with Gasteiger partial charge in [0.15, 0.2) is 0 Å². The number of hydrogen-bond acceptors (Lipinski definition) is 4. The Balaban J connectivity index is 1.72. The topological polar surface area (TPSA) is 100 Å². The van der Waals surface area contributed by atoms with Crippen molar-refractivity contribution in [3.05, 3.63) is 69.7 Å². The van der Waals surface area contributed by atoms with Crippen molar-refractivity contribution in [3.8, 4) is 0 Å². The SMILES string of the molecule is CC(C)NC(=O)c1ccc(NCCc2c[nH]c3cc(F)ccc23)c([N+](=O)[O-])c1. The number of anilines is 1. The summed E-state index contributed by atoms with van der Waals surface area (Å²) in [6.07, 6.45) is 2.40. The van der Waals surface area contributed by atoms with Crippen LogP contribution in [0.4, 0.5) is 15.8 Å². The van der Waals surface area contributed by atoms with Crippen molar-refractivity contribution >= 4 is 28.2 Å². The molecule has 2 aromatic carbocycles. The average molecular weight is 384 g/mol. The van der Waals surface area contributed by atoms with Gasteiger partial charge in [-0.1, -0.05) is 0 Å². The summed E-state index contributed by atoms with van der Waals surface area (Å²) in [6.45, 7) is 4.09. The van der Waals surface area contributed by atoms with Crippen molar-refractivity contribution < 1.29 is 14.1 Å². The molecule has 1 amide bonds. The summed E-state index contributed by atoms with van der Waals surface area (Å²) in [5, 5.41) is 18.1. The van der Waals surface area contributed by atoms with Gasteiger partial charge < -0.3 is 15.6 Å². The van der Waals surface area contributed by atoms with Gasteiger partial charge in [0.2, 0.25) is 0 Å². The van der Waals surface area contributed by atoms with Gasteiger partial charge in [-0.25, -0.2) is 4.39 Å². The number of benzene rings is 2. The highest BCUT2D eigenvalue weighted by atomic mass is 19.1. The van der Waals surface area contributed by atoms with Gasteiger partial charge in [0.1, 0.15) is 11.5 Å². The zero-order valence-corrected chi connectivity index (χ0v) is 15.6. The largest absolute Gasteiger partial charge is 0.379 e. The van der Waals surface area contributed by atoms with E-state index in [4.69, 9.17) is 0 Å². The van der Waals surface area contributed by atoms with Crippen molar-refractivity contribution in [2.45, 2.75) is 26.3 Å². The first kappa shape index (κ1) is 19.3. The number of hydrogen-bond donors (Lipinski definition) is 3. The van der Waals surface area contributed by atoms with E-state index in [1.807, 2.05) is 13.8 Å². The summed E-state index contributed by atoms with van der Waals surface area (Å²) in [5.74, 6) is -0.660. The Bertz CT molecular complexity index is 1030. The molecule has 0 saturated carbocycles. The summed E-state index contributed by atoms with van der Waals surface area (Å²) in [6, 6.07) is 8.85. The molecule has 1 heterocycles. The molecule has 0 saturated heterocycles. The average Bonchev–Trinajstić information content (AvgIpc) is 3.03. The molecule has 3 N–H and O–H groups in total. The summed E-state index contributed by atoms with van der Waals surface area (Å²) in [5.41, 5.74) is 2.12. The highest BCUT2D eigenvalue weighted by Gasteiger charge is 2.18. The molecule has 146 valence electrons. The number of fused-ring (bicyclic) bond motifs is 1. The van der Waals surface area contributed by atoms with Crippen LogP contribution >= 0.6 is 0 Å².